The predicted molar refractivity (Wildman–Crippen MR) is 62.2 cm³/mol. The van der Waals surface area contributed by atoms with Crippen LogP contribution in [0.4, 0.5) is 0 Å². The van der Waals surface area contributed by atoms with Crippen LogP contribution in [0.15, 0.2) is 23.8 Å². The van der Waals surface area contributed by atoms with Gasteiger partial charge in [0.1, 0.15) is 0 Å². The van der Waals surface area contributed by atoms with Crippen LogP contribution in [0.5, 0.6) is 0 Å². The fraction of sp³-hybridized carbons (Fsp3) is 0.636. The number of aliphatic hydroxyl groups is 1. The first-order valence-corrected chi connectivity index (χ1v) is 5.98. The third-order valence-electron chi connectivity index (χ3n) is 1.78. The molecule has 0 radical (unpaired) electrons. The van der Waals surface area contributed by atoms with Gasteiger partial charge in [0.2, 0.25) is 0 Å². The summed E-state index contributed by atoms with van der Waals surface area (Å²) in [7, 11) is 0. The summed E-state index contributed by atoms with van der Waals surface area (Å²) < 4.78 is 0. The second kappa shape index (κ2) is 10.0. The van der Waals surface area contributed by atoms with Crippen molar-refractivity contribution in [1.29, 1.82) is 0 Å². The molecule has 0 heterocycles. The number of alkyl halides is 1. The van der Waals surface area contributed by atoms with Crippen LogP contribution in [0, 0.1) is 0 Å². The van der Waals surface area contributed by atoms with Crippen molar-refractivity contribution in [2.45, 2.75) is 32.6 Å². The first-order chi connectivity index (χ1) is 6.35. The Morgan fingerprint density at radius 2 is 2.15 bits per heavy atom. The first-order valence-electron chi connectivity index (χ1n) is 4.86. The highest BCUT2D eigenvalue weighted by Crippen LogP contribution is 2.10. The van der Waals surface area contributed by atoms with E-state index in [1.165, 1.54) is 5.57 Å². The number of hydrogen-bond acceptors (Lipinski definition) is 1. The minimum atomic E-state index is 0.306. The fourth-order valence-electron chi connectivity index (χ4n) is 0.999. The first kappa shape index (κ1) is 12.9. The number of unbranched alkanes of at least 4 members (excludes halogenated alkanes) is 1. The zero-order chi connectivity index (χ0) is 9.94. The lowest BCUT2D eigenvalue weighted by molar-refractivity contribution is 0.284. The maximum atomic E-state index is 8.62. The molecule has 0 unspecified atom stereocenters. The summed E-state index contributed by atoms with van der Waals surface area (Å²) in [4.78, 5) is 0. The molecular weight excluding hydrogens is 228 g/mol. The molecule has 0 bridgehead atoms. The Balaban J connectivity index is 3.73. The van der Waals surface area contributed by atoms with Gasteiger partial charge >= 0.3 is 0 Å². The zero-order valence-corrected chi connectivity index (χ0v) is 9.89. The Morgan fingerprint density at radius 3 is 2.69 bits per heavy atom. The molecule has 0 rings (SSSR count). The van der Waals surface area contributed by atoms with Crippen molar-refractivity contribution in [3.05, 3.63) is 23.8 Å². The Hall–Kier alpha value is -0.0800. The lowest BCUT2D eigenvalue weighted by atomic mass is 10.1. The summed E-state index contributed by atoms with van der Waals surface area (Å²) in [5.41, 5.74) is 1.40. The van der Waals surface area contributed by atoms with E-state index in [1.54, 1.807) is 0 Å². The molecule has 0 aliphatic carbocycles. The molecular formula is C11H19BrO. The predicted octanol–water partition coefficient (Wildman–Crippen LogP) is 3.44. The molecule has 0 aliphatic heterocycles. The fourth-order valence-corrected chi connectivity index (χ4v) is 1.47. The van der Waals surface area contributed by atoms with Crippen LogP contribution in [0.25, 0.3) is 0 Å². The van der Waals surface area contributed by atoms with Crippen molar-refractivity contribution in [1.82, 2.24) is 0 Å². The molecule has 0 aromatic rings. The van der Waals surface area contributed by atoms with Crippen LogP contribution in [0.3, 0.4) is 0 Å². The Morgan fingerprint density at radius 1 is 1.38 bits per heavy atom. The van der Waals surface area contributed by atoms with Crippen molar-refractivity contribution >= 4 is 15.9 Å². The molecule has 1 nitrogen and oxygen atoms in total. The molecule has 0 aromatic carbocycles. The average Bonchev–Trinajstić information content (AvgIpc) is 2.16. The lowest BCUT2D eigenvalue weighted by Crippen LogP contribution is -1.88. The van der Waals surface area contributed by atoms with E-state index in [-0.39, 0.29) is 0 Å². The summed E-state index contributed by atoms with van der Waals surface area (Å²) in [6.45, 7) is 2.43. The van der Waals surface area contributed by atoms with Crippen LogP contribution in [-0.4, -0.2) is 17.0 Å². The van der Waals surface area contributed by atoms with E-state index in [2.05, 4.69) is 41.1 Å². The highest BCUT2D eigenvalue weighted by atomic mass is 79.9. The molecule has 13 heavy (non-hydrogen) atoms. The van der Waals surface area contributed by atoms with Crippen molar-refractivity contribution in [2.75, 3.05) is 11.9 Å². The van der Waals surface area contributed by atoms with Gasteiger partial charge in [-0.05, 0) is 25.7 Å². The summed E-state index contributed by atoms with van der Waals surface area (Å²) in [6, 6.07) is 0. The number of aliphatic hydroxyl groups excluding tert-OH is 1. The van der Waals surface area contributed by atoms with E-state index in [1.807, 2.05) is 0 Å². The molecule has 0 atom stereocenters. The van der Waals surface area contributed by atoms with Gasteiger partial charge in [-0.1, -0.05) is 46.7 Å². The van der Waals surface area contributed by atoms with Gasteiger partial charge in [-0.2, -0.15) is 0 Å². The lowest BCUT2D eigenvalue weighted by Gasteiger charge is -2.00. The van der Waals surface area contributed by atoms with Crippen LogP contribution >= 0.6 is 15.9 Å². The smallest absolute Gasteiger partial charge is 0.0431 e. The molecule has 2 heteroatoms. The summed E-state index contributed by atoms with van der Waals surface area (Å²) in [5, 5.41) is 9.56. The molecule has 0 aromatic heterocycles. The summed E-state index contributed by atoms with van der Waals surface area (Å²) in [5.74, 6) is 0. The van der Waals surface area contributed by atoms with Crippen molar-refractivity contribution in [3.63, 3.8) is 0 Å². The van der Waals surface area contributed by atoms with E-state index in [0.29, 0.717) is 6.61 Å². The summed E-state index contributed by atoms with van der Waals surface area (Å²) >= 11 is 3.46. The number of allylic oxidation sites excluding steroid dienone is 4. The molecule has 0 amide bonds. The minimum Gasteiger partial charge on any atom is -0.396 e. The van der Waals surface area contributed by atoms with Crippen molar-refractivity contribution < 1.29 is 5.11 Å². The topological polar surface area (TPSA) is 20.2 Å². The van der Waals surface area contributed by atoms with Gasteiger partial charge in [0.15, 0.2) is 0 Å². The highest BCUT2D eigenvalue weighted by Gasteiger charge is 1.93. The molecule has 76 valence electrons. The van der Waals surface area contributed by atoms with Gasteiger partial charge in [-0.15, -0.1) is 0 Å². The van der Waals surface area contributed by atoms with Crippen LogP contribution in [-0.2, 0) is 0 Å². The van der Waals surface area contributed by atoms with Crippen LogP contribution in [0.1, 0.15) is 32.6 Å². The second-order valence-corrected chi connectivity index (χ2v) is 3.54. The van der Waals surface area contributed by atoms with E-state index in [4.69, 9.17) is 5.11 Å². The molecule has 0 spiro atoms. The normalized spacial score (nSPS) is 12.7. The standard InChI is InChI=1S/C11H19BrO/c1-2-3-4-7-11(10-12)8-5-6-9-13/h3-4,7,13H,2,5-6,8-10H2,1H3/b4-3-,11-7-. The van der Waals surface area contributed by atoms with Crippen molar-refractivity contribution in [2.24, 2.45) is 0 Å². The van der Waals surface area contributed by atoms with Gasteiger partial charge < -0.3 is 5.11 Å². The molecule has 0 saturated heterocycles. The maximum Gasteiger partial charge on any atom is 0.0431 e. The van der Waals surface area contributed by atoms with E-state index in [0.717, 1.165) is 31.0 Å². The second-order valence-electron chi connectivity index (χ2n) is 2.98. The van der Waals surface area contributed by atoms with E-state index >= 15 is 0 Å². The van der Waals surface area contributed by atoms with E-state index in [9.17, 15) is 0 Å². The van der Waals surface area contributed by atoms with Gasteiger partial charge in [0, 0.05) is 11.9 Å². The largest absolute Gasteiger partial charge is 0.396 e. The minimum absolute atomic E-state index is 0.306. The molecule has 0 aliphatic rings. The number of hydrogen-bond donors (Lipinski definition) is 1. The number of rotatable bonds is 7. The highest BCUT2D eigenvalue weighted by molar-refractivity contribution is 9.09. The van der Waals surface area contributed by atoms with Gasteiger partial charge in [-0.25, -0.2) is 0 Å². The average molecular weight is 247 g/mol. The van der Waals surface area contributed by atoms with Crippen LogP contribution < -0.4 is 0 Å². The van der Waals surface area contributed by atoms with Crippen molar-refractivity contribution in [3.8, 4) is 0 Å². The maximum absolute atomic E-state index is 8.62. The molecule has 1 N–H and O–H groups in total. The van der Waals surface area contributed by atoms with Crippen LogP contribution in [0.2, 0.25) is 0 Å². The molecule has 0 fully saturated rings. The number of halogens is 1. The monoisotopic (exact) mass is 246 g/mol. The Bertz CT molecular complexity index is 161. The zero-order valence-electron chi connectivity index (χ0n) is 8.30. The quantitative estimate of drug-likeness (QED) is 0.415. The van der Waals surface area contributed by atoms with Gasteiger partial charge in [-0.3, -0.25) is 0 Å². The third-order valence-corrected chi connectivity index (χ3v) is 2.50. The van der Waals surface area contributed by atoms with Gasteiger partial charge in [0.05, 0.1) is 0 Å². The third kappa shape index (κ3) is 8.26. The summed E-state index contributed by atoms with van der Waals surface area (Å²) in [6.07, 6.45) is 10.6. The molecule has 0 saturated carbocycles. The SMILES string of the molecule is CC/C=C\C=C(/CBr)CCCCO. The Kier molecular flexibility index (Phi) is 9.94. The van der Waals surface area contributed by atoms with E-state index < -0.39 is 0 Å². The van der Waals surface area contributed by atoms with Gasteiger partial charge in [0.25, 0.3) is 0 Å². The Labute approximate surface area is 89.7 Å².